The van der Waals surface area contributed by atoms with Crippen molar-refractivity contribution in [2.24, 2.45) is 11.7 Å². The van der Waals surface area contributed by atoms with Crippen molar-refractivity contribution < 1.29 is 19.4 Å². The Balaban J connectivity index is 3.48. The Morgan fingerprint density at radius 2 is 2.12 bits per heavy atom. The van der Waals surface area contributed by atoms with E-state index in [1.54, 1.807) is 0 Å². The summed E-state index contributed by atoms with van der Waals surface area (Å²) in [6, 6.07) is 0. The topological polar surface area (TPSA) is 81.8 Å². The van der Waals surface area contributed by atoms with Gasteiger partial charge in [0.25, 0.3) is 0 Å². The van der Waals surface area contributed by atoms with Gasteiger partial charge in [0.05, 0.1) is 6.10 Å². The third kappa shape index (κ3) is 10.2. The standard InChI is InChI=1S/C12H25NO4/c1-3-11(4-6-13)17-7-5-10(2)8-16-9-12(14)15/h10-11H,3-9,13H2,1-2H3,(H,14,15). The van der Waals surface area contributed by atoms with Crippen LogP contribution in [0.2, 0.25) is 0 Å². The van der Waals surface area contributed by atoms with E-state index in [0.717, 1.165) is 19.3 Å². The van der Waals surface area contributed by atoms with Crippen LogP contribution >= 0.6 is 0 Å². The van der Waals surface area contributed by atoms with Gasteiger partial charge in [-0.2, -0.15) is 0 Å². The summed E-state index contributed by atoms with van der Waals surface area (Å²) in [7, 11) is 0. The summed E-state index contributed by atoms with van der Waals surface area (Å²) in [6.45, 7) is 5.67. The molecule has 2 atom stereocenters. The van der Waals surface area contributed by atoms with E-state index in [1.165, 1.54) is 0 Å². The Hall–Kier alpha value is -0.650. The van der Waals surface area contributed by atoms with Gasteiger partial charge in [-0.3, -0.25) is 0 Å². The van der Waals surface area contributed by atoms with Crippen molar-refractivity contribution in [3.05, 3.63) is 0 Å². The molecule has 5 nitrogen and oxygen atoms in total. The normalized spacial score (nSPS) is 14.5. The summed E-state index contributed by atoms with van der Waals surface area (Å²) in [4.78, 5) is 10.2. The molecule has 0 fully saturated rings. The second kappa shape index (κ2) is 10.5. The number of hydrogen-bond donors (Lipinski definition) is 2. The van der Waals surface area contributed by atoms with Crippen molar-refractivity contribution in [3.8, 4) is 0 Å². The summed E-state index contributed by atoms with van der Waals surface area (Å²) >= 11 is 0. The van der Waals surface area contributed by atoms with Crippen LogP contribution in [-0.2, 0) is 14.3 Å². The van der Waals surface area contributed by atoms with Crippen LogP contribution in [0.15, 0.2) is 0 Å². The molecule has 0 aliphatic rings. The highest BCUT2D eigenvalue weighted by Crippen LogP contribution is 2.07. The molecule has 0 aromatic rings. The molecule has 5 heteroatoms. The van der Waals surface area contributed by atoms with Crippen LogP contribution in [0.25, 0.3) is 0 Å². The van der Waals surface area contributed by atoms with E-state index in [-0.39, 0.29) is 12.7 Å². The van der Waals surface area contributed by atoms with Crippen LogP contribution in [0.4, 0.5) is 0 Å². The molecule has 0 bridgehead atoms. The van der Waals surface area contributed by atoms with E-state index in [9.17, 15) is 4.79 Å². The number of aliphatic carboxylic acids is 1. The quantitative estimate of drug-likeness (QED) is 0.574. The van der Waals surface area contributed by atoms with Crippen molar-refractivity contribution in [2.75, 3.05) is 26.4 Å². The number of carboxylic acid groups (broad SMARTS) is 1. The van der Waals surface area contributed by atoms with Crippen molar-refractivity contribution in [1.82, 2.24) is 0 Å². The van der Waals surface area contributed by atoms with Crippen LogP contribution in [0.3, 0.4) is 0 Å². The highest BCUT2D eigenvalue weighted by Gasteiger charge is 2.08. The summed E-state index contributed by atoms with van der Waals surface area (Å²) < 4.78 is 10.7. The van der Waals surface area contributed by atoms with Gasteiger partial charge in [0.15, 0.2) is 0 Å². The van der Waals surface area contributed by atoms with Gasteiger partial charge in [-0.25, -0.2) is 4.79 Å². The summed E-state index contributed by atoms with van der Waals surface area (Å²) in [5, 5.41) is 8.40. The van der Waals surface area contributed by atoms with Gasteiger partial charge in [-0.15, -0.1) is 0 Å². The van der Waals surface area contributed by atoms with Gasteiger partial charge in [0, 0.05) is 13.2 Å². The Morgan fingerprint density at radius 3 is 2.65 bits per heavy atom. The summed E-state index contributed by atoms with van der Waals surface area (Å²) in [6.07, 6.45) is 2.98. The maximum atomic E-state index is 10.2. The lowest BCUT2D eigenvalue weighted by molar-refractivity contribution is -0.142. The van der Waals surface area contributed by atoms with Crippen LogP contribution < -0.4 is 5.73 Å². The highest BCUT2D eigenvalue weighted by molar-refractivity contribution is 5.67. The van der Waals surface area contributed by atoms with E-state index in [4.69, 9.17) is 20.3 Å². The zero-order valence-electron chi connectivity index (χ0n) is 10.9. The molecule has 0 aromatic heterocycles. The van der Waals surface area contributed by atoms with Crippen molar-refractivity contribution in [3.63, 3.8) is 0 Å². The van der Waals surface area contributed by atoms with Crippen molar-refractivity contribution in [2.45, 2.75) is 39.2 Å². The van der Waals surface area contributed by atoms with Crippen LogP contribution in [0.5, 0.6) is 0 Å². The smallest absolute Gasteiger partial charge is 0.329 e. The fraction of sp³-hybridized carbons (Fsp3) is 0.917. The van der Waals surface area contributed by atoms with Gasteiger partial charge in [-0.05, 0) is 31.7 Å². The van der Waals surface area contributed by atoms with E-state index >= 15 is 0 Å². The minimum atomic E-state index is -0.928. The van der Waals surface area contributed by atoms with E-state index in [0.29, 0.717) is 25.7 Å². The van der Waals surface area contributed by atoms with Crippen molar-refractivity contribution in [1.29, 1.82) is 0 Å². The molecule has 0 saturated heterocycles. The average Bonchev–Trinajstić information content (AvgIpc) is 2.27. The maximum absolute atomic E-state index is 10.2. The molecule has 0 aliphatic carbocycles. The minimum absolute atomic E-state index is 0.226. The first kappa shape index (κ1) is 16.4. The predicted octanol–water partition coefficient (Wildman–Crippen LogP) is 1.26. The maximum Gasteiger partial charge on any atom is 0.329 e. The molecule has 3 N–H and O–H groups in total. The van der Waals surface area contributed by atoms with Crippen LogP contribution in [0.1, 0.15) is 33.1 Å². The fourth-order valence-corrected chi connectivity index (χ4v) is 1.46. The third-order valence-electron chi connectivity index (χ3n) is 2.54. The summed E-state index contributed by atoms with van der Waals surface area (Å²) in [5.41, 5.74) is 5.47. The molecule has 102 valence electrons. The zero-order chi connectivity index (χ0) is 13.1. The Labute approximate surface area is 103 Å². The first-order valence-electron chi connectivity index (χ1n) is 6.21. The SMILES string of the molecule is CCC(CCN)OCCC(C)COCC(=O)O. The number of nitrogens with two attached hydrogens (primary N) is 1. The lowest BCUT2D eigenvalue weighted by atomic mass is 10.1. The van der Waals surface area contributed by atoms with Gasteiger partial charge in [0.1, 0.15) is 6.61 Å². The molecule has 0 amide bonds. The molecular weight excluding hydrogens is 222 g/mol. The number of rotatable bonds is 11. The lowest BCUT2D eigenvalue weighted by Gasteiger charge is -2.17. The van der Waals surface area contributed by atoms with Crippen molar-refractivity contribution >= 4 is 5.97 Å². The van der Waals surface area contributed by atoms with E-state index in [1.807, 2.05) is 6.92 Å². The molecule has 0 spiro atoms. The van der Waals surface area contributed by atoms with E-state index < -0.39 is 5.97 Å². The number of carboxylic acids is 1. The first-order valence-corrected chi connectivity index (χ1v) is 6.21. The number of hydrogen-bond acceptors (Lipinski definition) is 4. The Bertz CT molecular complexity index is 199. The fourth-order valence-electron chi connectivity index (χ4n) is 1.46. The highest BCUT2D eigenvalue weighted by atomic mass is 16.5. The number of carbonyl (C=O) groups is 1. The molecule has 2 unspecified atom stereocenters. The van der Waals surface area contributed by atoms with Crippen LogP contribution in [-0.4, -0.2) is 43.5 Å². The molecule has 0 heterocycles. The zero-order valence-corrected chi connectivity index (χ0v) is 10.9. The number of ether oxygens (including phenoxy) is 2. The molecule has 0 aliphatic heterocycles. The third-order valence-corrected chi connectivity index (χ3v) is 2.54. The second-order valence-corrected chi connectivity index (χ2v) is 4.28. The van der Waals surface area contributed by atoms with Gasteiger partial charge >= 0.3 is 5.97 Å². The largest absolute Gasteiger partial charge is 0.480 e. The molecule has 17 heavy (non-hydrogen) atoms. The Kier molecular flexibility index (Phi) is 10.1. The first-order chi connectivity index (χ1) is 8.10. The average molecular weight is 247 g/mol. The van der Waals surface area contributed by atoms with E-state index in [2.05, 4.69) is 6.92 Å². The predicted molar refractivity (Wildman–Crippen MR) is 65.9 cm³/mol. The monoisotopic (exact) mass is 247 g/mol. The van der Waals surface area contributed by atoms with Gasteiger partial charge in [-0.1, -0.05) is 13.8 Å². The Morgan fingerprint density at radius 1 is 1.41 bits per heavy atom. The van der Waals surface area contributed by atoms with Crippen LogP contribution in [0, 0.1) is 5.92 Å². The molecule has 0 radical (unpaired) electrons. The lowest BCUT2D eigenvalue weighted by Crippen LogP contribution is -2.19. The second-order valence-electron chi connectivity index (χ2n) is 4.28. The molecule has 0 aromatic carbocycles. The summed E-state index contributed by atoms with van der Waals surface area (Å²) in [5.74, 6) is -0.618. The minimum Gasteiger partial charge on any atom is -0.480 e. The van der Waals surface area contributed by atoms with Gasteiger partial charge < -0.3 is 20.3 Å². The molecular formula is C12H25NO4. The van der Waals surface area contributed by atoms with Gasteiger partial charge in [0.2, 0.25) is 0 Å². The molecule has 0 saturated carbocycles. The molecule has 0 rings (SSSR count).